The number of aromatic nitrogens is 1. The molecule has 6 nitrogen and oxygen atoms in total. The van der Waals surface area contributed by atoms with Crippen molar-refractivity contribution in [3.05, 3.63) is 95.6 Å². The Balaban J connectivity index is 1.49. The highest BCUT2D eigenvalue weighted by Crippen LogP contribution is 2.31. The molecular weight excluding hydrogens is 432 g/mol. The van der Waals surface area contributed by atoms with Gasteiger partial charge in [0.1, 0.15) is 5.75 Å². The van der Waals surface area contributed by atoms with Crippen molar-refractivity contribution in [2.45, 2.75) is 6.92 Å². The van der Waals surface area contributed by atoms with Crippen molar-refractivity contribution in [3.8, 4) is 5.75 Å². The first-order valence-electron chi connectivity index (χ1n) is 10.4. The molecule has 0 aliphatic carbocycles. The van der Waals surface area contributed by atoms with Gasteiger partial charge in [0.25, 0.3) is 5.91 Å². The second-order valence-corrected chi connectivity index (χ2v) is 8.56. The Morgan fingerprint density at radius 1 is 1.03 bits per heavy atom. The third-order valence-electron chi connectivity index (χ3n) is 5.35. The van der Waals surface area contributed by atoms with Crippen molar-refractivity contribution in [1.29, 1.82) is 0 Å². The highest BCUT2D eigenvalue weighted by Gasteiger charge is 2.18. The van der Waals surface area contributed by atoms with Gasteiger partial charge in [-0.1, -0.05) is 65.9 Å². The number of hydrogen-bond acceptors (Lipinski definition) is 6. The van der Waals surface area contributed by atoms with E-state index in [1.54, 1.807) is 6.07 Å². The van der Waals surface area contributed by atoms with Crippen LogP contribution in [-0.4, -0.2) is 22.2 Å². The minimum Gasteiger partial charge on any atom is -0.506 e. The number of amides is 1. The molecule has 0 fully saturated rings. The number of nitrogens with zero attached hydrogens (tertiary/aromatic N) is 2. The van der Waals surface area contributed by atoms with E-state index in [9.17, 15) is 9.90 Å². The molecule has 0 atom stereocenters. The number of carbonyl (C=O) groups excluding carboxylic acids is 1. The molecule has 4 aromatic carbocycles. The van der Waals surface area contributed by atoms with E-state index in [-0.39, 0.29) is 17.2 Å². The van der Waals surface area contributed by atoms with Gasteiger partial charge in [0.2, 0.25) is 5.13 Å². The molecule has 33 heavy (non-hydrogen) atoms. The highest BCUT2D eigenvalue weighted by atomic mass is 32.1. The SMILES string of the molecule is Cc1ccccc1NC(=O)c1cc2ccccc2c(/C=N/Nc2nc3ccccc3s2)c1O. The maximum atomic E-state index is 13.0. The van der Waals surface area contributed by atoms with Crippen molar-refractivity contribution in [1.82, 2.24) is 4.98 Å². The fourth-order valence-corrected chi connectivity index (χ4v) is 4.46. The van der Waals surface area contributed by atoms with Crippen molar-refractivity contribution >= 4 is 55.3 Å². The molecule has 0 spiro atoms. The van der Waals surface area contributed by atoms with Crippen molar-refractivity contribution in [2.75, 3.05) is 10.7 Å². The molecule has 0 bridgehead atoms. The number of hydrazone groups is 1. The monoisotopic (exact) mass is 452 g/mol. The first-order chi connectivity index (χ1) is 16.1. The van der Waals surface area contributed by atoms with E-state index in [1.807, 2.05) is 79.7 Å². The fraction of sp³-hybridized carbons (Fsp3) is 0.0385. The Morgan fingerprint density at radius 2 is 1.79 bits per heavy atom. The maximum absolute atomic E-state index is 13.0. The second kappa shape index (κ2) is 8.72. The van der Waals surface area contributed by atoms with E-state index in [4.69, 9.17) is 0 Å². The number of nitrogens with one attached hydrogen (secondary N) is 2. The highest BCUT2D eigenvalue weighted by molar-refractivity contribution is 7.22. The van der Waals surface area contributed by atoms with Crippen molar-refractivity contribution in [3.63, 3.8) is 0 Å². The number of thiazole rings is 1. The first-order valence-corrected chi connectivity index (χ1v) is 11.2. The molecule has 7 heteroatoms. The summed E-state index contributed by atoms with van der Waals surface area (Å²) in [5, 5.41) is 20.5. The number of anilines is 2. The van der Waals surface area contributed by atoms with Gasteiger partial charge in [0.15, 0.2) is 0 Å². The van der Waals surface area contributed by atoms with Crippen LogP contribution in [0, 0.1) is 6.92 Å². The van der Waals surface area contributed by atoms with Gasteiger partial charge in [-0.3, -0.25) is 10.2 Å². The predicted molar refractivity (Wildman–Crippen MR) is 136 cm³/mol. The van der Waals surface area contributed by atoms with E-state index in [0.29, 0.717) is 16.4 Å². The number of carbonyl (C=O) groups is 1. The van der Waals surface area contributed by atoms with E-state index >= 15 is 0 Å². The number of aryl methyl sites for hydroxylation is 1. The third-order valence-corrected chi connectivity index (χ3v) is 6.29. The fourth-order valence-electron chi connectivity index (χ4n) is 3.64. The summed E-state index contributed by atoms with van der Waals surface area (Å²) in [6.45, 7) is 1.92. The molecule has 0 radical (unpaired) electrons. The Labute approximate surface area is 194 Å². The van der Waals surface area contributed by atoms with E-state index in [0.717, 1.165) is 26.6 Å². The smallest absolute Gasteiger partial charge is 0.259 e. The minimum atomic E-state index is -0.388. The zero-order valence-corrected chi connectivity index (χ0v) is 18.6. The van der Waals surface area contributed by atoms with Crippen LogP contribution >= 0.6 is 11.3 Å². The number of benzene rings is 4. The lowest BCUT2D eigenvalue weighted by Gasteiger charge is -2.13. The van der Waals surface area contributed by atoms with Gasteiger partial charge < -0.3 is 10.4 Å². The van der Waals surface area contributed by atoms with Gasteiger partial charge >= 0.3 is 0 Å². The largest absolute Gasteiger partial charge is 0.506 e. The zero-order chi connectivity index (χ0) is 22.8. The van der Waals surface area contributed by atoms with Gasteiger partial charge in [-0.2, -0.15) is 5.10 Å². The average Bonchev–Trinajstić information content (AvgIpc) is 3.24. The topological polar surface area (TPSA) is 86.6 Å². The predicted octanol–water partition coefficient (Wildman–Crippen LogP) is 6.16. The summed E-state index contributed by atoms with van der Waals surface area (Å²) in [6, 6.07) is 24.6. The van der Waals surface area contributed by atoms with Crippen molar-refractivity contribution in [2.24, 2.45) is 5.10 Å². The van der Waals surface area contributed by atoms with Crippen molar-refractivity contribution < 1.29 is 9.90 Å². The van der Waals surface area contributed by atoms with Gasteiger partial charge in [-0.15, -0.1) is 0 Å². The summed E-state index contributed by atoms with van der Waals surface area (Å²) >= 11 is 1.49. The number of phenolic OH excluding ortho intramolecular Hbond substituents is 1. The molecule has 3 N–H and O–H groups in total. The molecule has 0 saturated heterocycles. The number of fused-ring (bicyclic) bond motifs is 2. The van der Waals surface area contributed by atoms with E-state index in [1.165, 1.54) is 17.6 Å². The summed E-state index contributed by atoms with van der Waals surface area (Å²) in [7, 11) is 0. The summed E-state index contributed by atoms with van der Waals surface area (Å²) in [5.41, 5.74) is 6.10. The number of phenols is 1. The molecule has 162 valence electrons. The molecule has 0 saturated carbocycles. The van der Waals surface area contributed by atoms with E-state index in [2.05, 4.69) is 20.8 Å². The lowest BCUT2D eigenvalue weighted by molar-refractivity contribution is 0.102. The Bertz CT molecular complexity index is 1490. The van der Waals surface area contributed by atoms with Crippen LogP contribution in [0.3, 0.4) is 0 Å². The molecule has 1 aromatic heterocycles. The summed E-state index contributed by atoms with van der Waals surface area (Å²) in [4.78, 5) is 17.5. The van der Waals surface area contributed by atoms with E-state index < -0.39 is 0 Å². The third kappa shape index (κ3) is 4.14. The number of hydrogen-bond donors (Lipinski definition) is 3. The van der Waals surface area contributed by atoms with Crippen LogP contribution in [0.1, 0.15) is 21.5 Å². The minimum absolute atomic E-state index is 0.130. The maximum Gasteiger partial charge on any atom is 0.259 e. The second-order valence-electron chi connectivity index (χ2n) is 7.53. The number of rotatable bonds is 5. The number of aromatic hydroxyl groups is 1. The lowest BCUT2D eigenvalue weighted by Crippen LogP contribution is -2.13. The molecule has 5 rings (SSSR count). The summed E-state index contributed by atoms with van der Waals surface area (Å²) in [6.07, 6.45) is 1.52. The molecule has 1 heterocycles. The van der Waals surface area contributed by atoms with Crippen LogP contribution < -0.4 is 10.7 Å². The molecule has 5 aromatic rings. The van der Waals surface area contributed by atoms with Gasteiger partial charge in [-0.05, 0) is 47.5 Å². The van der Waals surface area contributed by atoms with Crippen LogP contribution in [0.15, 0.2) is 84.0 Å². The quantitative estimate of drug-likeness (QED) is 0.220. The molecular formula is C26H20N4O2S. The Hall–Kier alpha value is -4.23. The number of para-hydroxylation sites is 2. The molecule has 0 unspecified atom stereocenters. The average molecular weight is 453 g/mol. The summed E-state index contributed by atoms with van der Waals surface area (Å²) in [5.74, 6) is -0.518. The van der Waals surface area contributed by atoms with Crippen LogP contribution in [0.4, 0.5) is 10.8 Å². The molecule has 1 amide bonds. The van der Waals surface area contributed by atoms with Crippen LogP contribution in [0.25, 0.3) is 21.0 Å². The zero-order valence-electron chi connectivity index (χ0n) is 17.7. The Kier molecular flexibility index (Phi) is 5.46. The first kappa shape index (κ1) is 20.7. The lowest BCUT2D eigenvalue weighted by atomic mass is 9.99. The van der Waals surface area contributed by atoms with Crippen LogP contribution in [0.5, 0.6) is 5.75 Å². The van der Waals surface area contributed by atoms with Crippen LogP contribution in [-0.2, 0) is 0 Å². The molecule has 0 aliphatic rings. The van der Waals surface area contributed by atoms with Crippen LogP contribution in [0.2, 0.25) is 0 Å². The molecule has 0 aliphatic heterocycles. The van der Waals surface area contributed by atoms with Gasteiger partial charge in [0, 0.05) is 11.3 Å². The normalized spacial score (nSPS) is 11.3. The Morgan fingerprint density at radius 3 is 2.64 bits per heavy atom. The van der Waals surface area contributed by atoms with Gasteiger partial charge in [-0.25, -0.2) is 4.98 Å². The summed E-state index contributed by atoms with van der Waals surface area (Å²) < 4.78 is 1.05. The standard InChI is InChI=1S/C26H20N4O2S/c1-16-8-2-5-11-21(16)28-25(32)19-14-17-9-3-4-10-18(17)20(24(19)31)15-27-30-26-29-22-12-6-7-13-23(22)33-26/h2-15,31H,1H3,(H,28,32)(H,29,30)/b27-15+. The van der Waals surface area contributed by atoms with Gasteiger partial charge in [0.05, 0.1) is 22.0 Å².